The van der Waals surface area contributed by atoms with Crippen LogP contribution in [0.3, 0.4) is 0 Å². The first-order chi connectivity index (χ1) is 9.43. The van der Waals surface area contributed by atoms with Crippen molar-refractivity contribution in [1.82, 2.24) is 4.98 Å². The molecule has 0 unspecified atom stereocenters. The van der Waals surface area contributed by atoms with E-state index < -0.39 is 0 Å². The number of ketones is 1. The lowest BCUT2D eigenvalue weighted by molar-refractivity contribution is -0.115. The zero-order chi connectivity index (χ0) is 15.1. The van der Waals surface area contributed by atoms with Crippen LogP contribution in [-0.4, -0.2) is 10.8 Å². The molecular weight excluding hydrogens is 250 g/mol. The summed E-state index contributed by atoms with van der Waals surface area (Å²) >= 11 is 0. The van der Waals surface area contributed by atoms with Crippen molar-refractivity contribution in [3.63, 3.8) is 0 Å². The van der Waals surface area contributed by atoms with Crippen molar-refractivity contribution >= 4 is 5.78 Å². The van der Waals surface area contributed by atoms with Gasteiger partial charge in [-0.3, -0.25) is 9.59 Å². The van der Waals surface area contributed by atoms with Crippen molar-refractivity contribution in [3.05, 3.63) is 58.0 Å². The molecule has 1 aromatic rings. The van der Waals surface area contributed by atoms with Crippen LogP contribution in [0.5, 0.6) is 0 Å². The molecule has 3 nitrogen and oxygen atoms in total. The number of aromatic amines is 1. The summed E-state index contributed by atoms with van der Waals surface area (Å²) in [6, 6.07) is 3.69. The standard InChI is InChI=1S/C9H12O.C8H11NO/c1-7(2)8-5-3-4-6-9(8)10;1-6(2)7-4-3-5-9-8(7)10/h3-5,7H,6H2,1-2H3;3-6H,1-2H3,(H,9,10). The first kappa shape index (κ1) is 16.2. The molecule has 20 heavy (non-hydrogen) atoms. The van der Waals surface area contributed by atoms with Gasteiger partial charge in [0.25, 0.3) is 5.56 Å². The minimum Gasteiger partial charge on any atom is -0.329 e. The average Bonchev–Trinajstić information content (AvgIpc) is 2.40. The van der Waals surface area contributed by atoms with Crippen LogP contribution in [0, 0.1) is 5.92 Å². The summed E-state index contributed by atoms with van der Waals surface area (Å²) < 4.78 is 0. The Morgan fingerprint density at radius 1 is 1.10 bits per heavy atom. The fourth-order valence-electron chi connectivity index (χ4n) is 1.96. The van der Waals surface area contributed by atoms with E-state index in [2.05, 4.69) is 4.98 Å². The lowest BCUT2D eigenvalue weighted by atomic mass is 9.94. The summed E-state index contributed by atoms with van der Waals surface area (Å²) in [4.78, 5) is 24.7. The van der Waals surface area contributed by atoms with Gasteiger partial charge in [0.1, 0.15) is 0 Å². The second-order valence-electron chi connectivity index (χ2n) is 5.44. The predicted octanol–water partition coefficient (Wildman–Crippen LogP) is 3.60. The number of H-pyrrole nitrogens is 1. The van der Waals surface area contributed by atoms with Gasteiger partial charge in [0, 0.05) is 18.2 Å². The van der Waals surface area contributed by atoms with Gasteiger partial charge < -0.3 is 4.98 Å². The van der Waals surface area contributed by atoms with Crippen molar-refractivity contribution in [2.45, 2.75) is 40.0 Å². The van der Waals surface area contributed by atoms with E-state index in [1.165, 1.54) is 0 Å². The Morgan fingerprint density at radius 3 is 2.20 bits per heavy atom. The molecular formula is C17H23NO2. The SMILES string of the molecule is CC(C)C1=CC=CCC1=O.CC(C)c1ccc[nH]c1=O. The fraction of sp³-hybridized carbons (Fsp3) is 0.412. The van der Waals surface area contributed by atoms with Crippen LogP contribution in [0.4, 0.5) is 0 Å². The molecule has 0 aromatic carbocycles. The van der Waals surface area contributed by atoms with Crippen molar-refractivity contribution in [3.8, 4) is 0 Å². The maximum Gasteiger partial charge on any atom is 0.251 e. The van der Waals surface area contributed by atoms with Crippen LogP contribution in [0.2, 0.25) is 0 Å². The van der Waals surface area contributed by atoms with Gasteiger partial charge in [-0.1, -0.05) is 52.0 Å². The Labute approximate surface area is 120 Å². The Bertz CT molecular complexity index is 562. The van der Waals surface area contributed by atoms with E-state index in [1.807, 2.05) is 58.1 Å². The number of nitrogens with one attached hydrogen (secondary N) is 1. The highest BCUT2D eigenvalue weighted by molar-refractivity contribution is 5.97. The van der Waals surface area contributed by atoms with E-state index in [9.17, 15) is 9.59 Å². The number of allylic oxidation sites excluding steroid dienone is 4. The number of aromatic nitrogens is 1. The van der Waals surface area contributed by atoms with Crippen LogP contribution < -0.4 is 5.56 Å². The molecule has 1 aromatic heterocycles. The Hall–Kier alpha value is -1.90. The van der Waals surface area contributed by atoms with Crippen LogP contribution in [0.15, 0.2) is 46.9 Å². The Morgan fingerprint density at radius 2 is 1.80 bits per heavy atom. The highest BCUT2D eigenvalue weighted by Gasteiger charge is 2.12. The summed E-state index contributed by atoms with van der Waals surface area (Å²) in [6.45, 7) is 8.10. The maximum atomic E-state index is 11.1. The molecule has 0 bridgehead atoms. The topological polar surface area (TPSA) is 49.9 Å². The van der Waals surface area contributed by atoms with Gasteiger partial charge >= 0.3 is 0 Å². The number of pyridine rings is 1. The van der Waals surface area contributed by atoms with Crippen LogP contribution in [0.1, 0.15) is 45.6 Å². The summed E-state index contributed by atoms with van der Waals surface area (Å²) in [5, 5.41) is 0. The van der Waals surface area contributed by atoms with Gasteiger partial charge in [-0.25, -0.2) is 0 Å². The average molecular weight is 273 g/mol. The molecule has 108 valence electrons. The van der Waals surface area contributed by atoms with Crippen LogP contribution in [-0.2, 0) is 4.79 Å². The third kappa shape index (κ3) is 4.65. The van der Waals surface area contributed by atoms with Crippen LogP contribution in [0.25, 0.3) is 0 Å². The zero-order valence-corrected chi connectivity index (χ0v) is 12.6. The first-order valence-corrected chi connectivity index (χ1v) is 7.01. The number of carbonyl (C=O) groups is 1. The van der Waals surface area contributed by atoms with E-state index in [1.54, 1.807) is 6.20 Å². The minimum atomic E-state index is 0.0255. The minimum absolute atomic E-state index is 0.0255. The molecule has 0 aliphatic heterocycles. The first-order valence-electron chi connectivity index (χ1n) is 7.01. The van der Waals surface area contributed by atoms with E-state index in [-0.39, 0.29) is 11.3 Å². The van der Waals surface area contributed by atoms with E-state index >= 15 is 0 Å². The molecule has 3 heteroatoms. The van der Waals surface area contributed by atoms with Gasteiger partial charge in [0.2, 0.25) is 0 Å². The third-order valence-corrected chi connectivity index (χ3v) is 3.13. The monoisotopic (exact) mass is 273 g/mol. The quantitative estimate of drug-likeness (QED) is 0.895. The van der Waals surface area contributed by atoms with E-state index in [0.717, 1.165) is 11.1 Å². The molecule has 2 rings (SSSR count). The van der Waals surface area contributed by atoms with E-state index in [0.29, 0.717) is 18.3 Å². The largest absolute Gasteiger partial charge is 0.329 e. The molecule has 0 spiro atoms. The van der Waals surface area contributed by atoms with Crippen molar-refractivity contribution in [2.24, 2.45) is 5.92 Å². The van der Waals surface area contributed by atoms with Crippen molar-refractivity contribution < 1.29 is 4.79 Å². The maximum absolute atomic E-state index is 11.1. The van der Waals surface area contributed by atoms with Gasteiger partial charge in [-0.05, 0) is 23.5 Å². The van der Waals surface area contributed by atoms with Gasteiger partial charge in [0.15, 0.2) is 5.78 Å². The van der Waals surface area contributed by atoms with Gasteiger partial charge in [0.05, 0.1) is 0 Å². The highest BCUT2D eigenvalue weighted by Crippen LogP contribution is 2.16. The van der Waals surface area contributed by atoms with Crippen molar-refractivity contribution in [2.75, 3.05) is 0 Å². The Balaban J connectivity index is 0.000000200. The van der Waals surface area contributed by atoms with Crippen LogP contribution >= 0.6 is 0 Å². The smallest absolute Gasteiger partial charge is 0.251 e. The number of rotatable bonds is 2. The van der Waals surface area contributed by atoms with Crippen molar-refractivity contribution in [1.29, 1.82) is 0 Å². The normalized spacial score (nSPS) is 14.1. The summed E-state index contributed by atoms with van der Waals surface area (Å²) in [5.74, 6) is 0.958. The second-order valence-corrected chi connectivity index (χ2v) is 5.44. The number of hydrogen-bond acceptors (Lipinski definition) is 2. The summed E-state index contributed by atoms with van der Waals surface area (Å²) in [5.41, 5.74) is 1.84. The molecule has 0 amide bonds. The van der Waals surface area contributed by atoms with Gasteiger partial charge in [-0.2, -0.15) is 0 Å². The zero-order valence-electron chi connectivity index (χ0n) is 12.6. The molecule has 1 aliphatic carbocycles. The number of carbonyl (C=O) groups excluding carboxylic acids is 1. The molecule has 0 atom stereocenters. The number of Topliss-reactive ketones (excluding diaryl/α,β-unsaturated/α-hetero) is 1. The molecule has 0 saturated heterocycles. The lowest BCUT2D eigenvalue weighted by Crippen LogP contribution is -2.11. The molecule has 1 heterocycles. The van der Waals surface area contributed by atoms with Gasteiger partial charge in [-0.15, -0.1) is 0 Å². The second kappa shape index (κ2) is 7.63. The summed E-state index contributed by atoms with van der Waals surface area (Å²) in [6.07, 6.45) is 8.00. The predicted molar refractivity (Wildman–Crippen MR) is 82.8 cm³/mol. The highest BCUT2D eigenvalue weighted by atomic mass is 16.1. The molecule has 0 saturated carbocycles. The summed E-state index contributed by atoms with van der Waals surface area (Å²) in [7, 11) is 0. The lowest BCUT2D eigenvalue weighted by Gasteiger charge is -2.10. The third-order valence-electron chi connectivity index (χ3n) is 3.13. The molecule has 1 N–H and O–H groups in total. The van der Waals surface area contributed by atoms with E-state index in [4.69, 9.17) is 0 Å². The molecule has 0 radical (unpaired) electrons. The number of hydrogen-bond donors (Lipinski definition) is 1. The molecule has 1 aliphatic rings. The Kier molecular flexibility index (Phi) is 6.16. The molecule has 0 fully saturated rings. The fourth-order valence-corrected chi connectivity index (χ4v) is 1.96.